The number of esters is 1. The van der Waals surface area contributed by atoms with Crippen LogP contribution in [0.1, 0.15) is 25.3 Å². The largest absolute Gasteiger partial charge is 0.464 e. The molecule has 0 N–H and O–H groups in total. The molecule has 1 unspecified atom stereocenters. The standard InChI is InChI=1S/C20H25N3O5/c1-2-26-19(24)14-27-17-7-9-22(10-8-17)12-18-13-23(20(25)28-18)16-5-3-15(11-21)4-6-16/h3-6,17-18H,2,7-10,12-14H2,1H3. The Bertz CT molecular complexity index is 722. The molecule has 8 nitrogen and oxygen atoms in total. The van der Waals surface area contributed by atoms with E-state index in [0.717, 1.165) is 31.6 Å². The predicted octanol–water partition coefficient (Wildman–Crippen LogP) is 1.93. The third-order valence-corrected chi connectivity index (χ3v) is 4.92. The number of ether oxygens (including phenoxy) is 3. The lowest BCUT2D eigenvalue weighted by atomic mass is 10.1. The van der Waals surface area contributed by atoms with Crippen molar-refractivity contribution in [1.82, 2.24) is 4.90 Å². The van der Waals surface area contributed by atoms with Gasteiger partial charge in [0.05, 0.1) is 30.9 Å². The van der Waals surface area contributed by atoms with Crippen LogP contribution in [0.3, 0.4) is 0 Å². The molecule has 150 valence electrons. The Balaban J connectivity index is 1.42. The molecule has 0 aromatic heterocycles. The highest BCUT2D eigenvalue weighted by atomic mass is 16.6. The summed E-state index contributed by atoms with van der Waals surface area (Å²) in [4.78, 5) is 27.4. The molecule has 1 amide bonds. The number of carbonyl (C=O) groups is 2. The number of cyclic esters (lactones) is 1. The highest BCUT2D eigenvalue weighted by Crippen LogP contribution is 2.23. The maximum Gasteiger partial charge on any atom is 0.414 e. The summed E-state index contributed by atoms with van der Waals surface area (Å²) in [6.07, 6.45) is 1.17. The zero-order valence-corrected chi connectivity index (χ0v) is 16.0. The van der Waals surface area contributed by atoms with Crippen LogP contribution in [-0.2, 0) is 19.0 Å². The number of likely N-dealkylation sites (tertiary alicyclic amines) is 1. The number of benzene rings is 1. The van der Waals surface area contributed by atoms with Gasteiger partial charge in [-0.3, -0.25) is 9.80 Å². The Morgan fingerprint density at radius 3 is 2.64 bits per heavy atom. The molecule has 8 heteroatoms. The number of carbonyl (C=O) groups excluding carboxylic acids is 2. The van der Waals surface area contributed by atoms with E-state index >= 15 is 0 Å². The second-order valence-electron chi connectivity index (χ2n) is 6.89. The number of hydrogen-bond donors (Lipinski definition) is 0. The summed E-state index contributed by atoms with van der Waals surface area (Å²) in [7, 11) is 0. The van der Waals surface area contributed by atoms with E-state index in [1.165, 1.54) is 0 Å². The van der Waals surface area contributed by atoms with Crippen LogP contribution in [-0.4, -0.2) is 68.6 Å². The normalized spacial score (nSPS) is 20.6. The minimum absolute atomic E-state index is 0.00169. The van der Waals surface area contributed by atoms with Crippen LogP contribution in [0.4, 0.5) is 10.5 Å². The van der Waals surface area contributed by atoms with Crippen LogP contribution in [0.25, 0.3) is 0 Å². The molecule has 2 aliphatic rings. The number of hydrogen-bond acceptors (Lipinski definition) is 7. The van der Waals surface area contributed by atoms with Crippen LogP contribution in [0, 0.1) is 11.3 Å². The van der Waals surface area contributed by atoms with Crippen molar-refractivity contribution in [1.29, 1.82) is 5.26 Å². The molecule has 2 heterocycles. The van der Waals surface area contributed by atoms with E-state index in [1.807, 2.05) is 0 Å². The van der Waals surface area contributed by atoms with Gasteiger partial charge in [0.2, 0.25) is 0 Å². The number of nitrogens with zero attached hydrogens (tertiary/aromatic N) is 3. The first-order chi connectivity index (χ1) is 13.6. The average molecular weight is 387 g/mol. The molecule has 0 spiro atoms. The number of amides is 1. The molecule has 1 atom stereocenters. The van der Waals surface area contributed by atoms with Crippen LogP contribution in [0.5, 0.6) is 0 Å². The van der Waals surface area contributed by atoms with E-state index in [2.05, 4.69) is 11.0 Å². The van der Waals surface area contributed by atoms with E-state index in [4.69, 9.17) is 19.5 Å². The van der Waals surface area contributed by atoms with Crippen molar-refractivity contribution in [2.45, 2.75) is 32.0 Å². The fourth-order valence-corrected chi connectivity index (χ4v) is 3.48. The molecule has 1 aromatic carbocycles. The molecule has 2 saturated heterocycles. The predicted molar refractivity (Wildman–Crippen MR) is 101 cm³/mol. The maximum atomic E-state index is 12.2. The van der Waals surface area contributed by atoms with Crippen LogP contribution >= 0.6 is 0 Å². The average Bonchev–Trinajstić information content (AvgIpc) is 3.08. The van der Waals surface area contributed by atoms with Crippen molar-refractivity contribution in [2.24, 2.45) is 0 Å². The summed E-state index contributed by atoms with van der Waals surface area (Å²) < 4.78 is 16.0. The van der Waals surface area contributed by atoms with Crippen LogP contribution in [0.2, 0.25) is 0 Å². The Morgan fingerprint density at radius 2 is 2.00 bits per heavy atom. The smallest absolute Gasteiger partial charge is 0.414 e. The second kappa shape index (κ2) is 9.53. The van der Waals surface area contributed by atoms with E-state index in [-0.39, 0.29) is 30.9 Å². The van der Waals surface area contributed by atoms with Gasteiger partial charge in [-0.15, -0.1) is 0 Å². The molecule has 0 bridgehead atoms. The van der Waals surface area contributed by atoms with Crippen LogP contribution < -0.4 is 4.90 Å². The Kier molecular flexibility index (Phi) is 6.85. The number of nitriles is 1. The summed E-state index contributed by atoms with van der Waals surface area (Å²) >= 11 is 0. The monoisotopic (exact) mass is 387 g/mol. The van der Waals surface area contributed by atoms with Gasteiger partial charge in [0.15, 0.2) is 0 Å². The van der Waals surface area contributed by atoms with Gasteiger partial charge in [0, 0.05) is 25.3 Å². The van der Waals surface area contributed by atoms with Crippen molar-refractivity contribution in [3.63, 3.8) is 0 Å². The topological polar surface area (TPSA) is 92.1 Å². The van der Waals surface area contributed by atoms with Gasteiger partial charge < -0.3 is 14.2 Å². The van der Waals surface area contributed by atoms with Gasteiger partial charge in [0.1, 0.15) is 12.7 Å². The summed E-state index contributed by atoms with van der Waals surface area (Å²) in [5.74, 6) is -0.328. The molecule has 1 aromatic rings. The number of rotatable bonds is 7. The van der Waals surface area contributed by atoms with Crippen molar-refractivity contribution < 1.29 is 23.8 Å². The Hall–Kier alpha value is -2.63. The van der Waals surface area contributed by atoms with Gasteiger partial charge in [-0.05, 0) is 44.0 Å². The summed E-state index contributed by atoms with van der Waals surface area (Å²) in [6, 6.07) is 8.97. The lowest BCUT2D eigenvalue weighted by molar-refractivity contribution is -0.151. The molecule has 3 rings (SSSR count). The van der Waals surface area contributed by atoms with E-state index in [9.17, 15) is 9.59 Å². The highest BCUT2D eigenvalue weighted by molar-refractivity contribution is 5.89. The Morgan fingerprint density at radius 1 is 1.29 bits per heavy atom. The van der Waals surface area contributed by atoms with Gasteiger partial charge in [-0.2, -0.15) is 5.26 Å². The fourth-order valence-electron chi connectivity index (χ4n) is 3.48. The third-order valence-electron chi connectivity index (χ3n) is 4.92. The number of piperidine rings is 1. The molecule has 28 heavy (non-hydrogen) atoms. The van der Waals surface area contributed by atoms with Gasteiger partial charge in [-0.25, -0.2) is 9.59 Å². The molecule has 0 radical (unpaired) electrons. The first-order valence-electron chi connectivity index (χ1n) is 9.57. The first-order valence-corrected chi connectivity index (χ1v) is 9.57. The third kappa shape index (κ3) is 5.21. The second-order valence-corrected chi connectivity index (χ2v) is 6.89. The molecular weight excluding hydrogens is 362 g/mol. The summed E-state index contributed by atoms with van der Waals surface area (Å²) in [5, 5.41) is 8.88. The van der Waals surface area contributed by atoms with E-state index in [0.29, 0.717) is 25.3 Å². The molecule has 0 aliphatic carbocycles. The zero-order chi connectivity index (χ0) is 19.9. The lowest BCUT2D eigenvalue weighted by Crippen LogP contribution is -2.42. The SMILES string of the molecule is CCOC(=O)COC1CCN(CC2CN(c3ccc(C#N)cc3)C(=O)O2)CC1. The van der Waals surface area contributed by atoms with E-state index < -0.39 is 0 Å². The van der Waals surface area contributed by atoms with Gasteiger partial charge in [0.25, 0.3) is 0 Å². The lowest BCUT2D eigenvalue weighted by Gasteiger charge is -2.32. The molecule has 2 aliphatic heterocycles. The quantitative estimate of drug-likeness (QED) is 0.660. The summed E-state index contributed by atoms with van der Waals surface area (Å²) in [6.45, 7) is 4.96. The van der Waals surface area contributed by atoms with Crippen molar-refractivity contribution in [3.8, 4) is 6.07 Å². The fraction of sp³-hybridized carbons (Fsp3) is 0.550. The maximum absolute atomic E-state index is 12.2. The molecule has 0 saturated carbocycles. The van der Waals surface area contributed by atoms with Crippen molar-refractivity contribution in [2.75, 3.05) is 44.3 Å². The Labute approximate surface area is 164 Å². The summed E-state index contributed by atoms with van der Waals surface area (Å²) in [5.41, 5.74) is 1.29. The minimum Gasteiger partial charge on any atom is -0.464 e. The zero-order valence-electron chi connectivity index (χ0n) is 16.0. The van der Waals surface area contributed by atoms with Gasteiger partial charge >= 0.3 is 12.1 Å². The molecular formula is C20H25N3O5. The van der Waals surface area contributed by atoms with Gasteiger partial charge in [-0.1, -0.05) is 0 Å². The highest BCUT2D eigenvalue weighted by Gasteiger charge is 2.34. The van der Waals surface area contributed by atoms with Crippen LogP contribution in [0.15, 0.2) is 24.3 Å². The minimum atomic E-state index is -0.359. The number of anilines is 1. The molecule has 2 fully saturated rings. The van der Waals surface area contributed by atoms with Crippen molar-refractivity contribution >= 4 is 17.7 Å². The first kappa shape index (κ1) is 20.1. The van der Waals surface area contributed by atoms with E-state index in [1.54, 1.807) is 36.1 Å². The van der Waals surface area contributed by atoms with Crippen molar-refractivity contribution in [3.05, 3.63) is 29.8 Å².